The van der Waals surface area contributed by atoms with Crippen LogP contribution >= 0.6 is 0 Å². The number of piperidine rings is 2. The zero-order valence-corrected chi connectivity index (χ0v) is 36.9. The minimum atomic E-state index is -1.18. The molecule has 3 aliphatic heterocycles. The number of nitrogens with zero attached hydrogens (tertiary/aromatic N) is 6. The monoisotopic (exact) mass is 847 g/mol. The number of hydrogen-bond donors (Lipinski definition) is 1. The number of benzene rings is 3. The number of nitrogens with one attached hydrogen (secondary N) is 1. The molecule has 7 rings (SSSR count). The van der Waals surface area contributed by atoms with E-state index >= 15 is 4.79 Å². The second-order valence-electron chi connectivity index (χ2n) is 18.3. The Morgan fingerprint density at radius 2 is 1.56 bits per heavy atom. The van der Waals surface area contributed by atoms with Crippen molar-refractivity contribution in [3.05, 3.63) is 101 Å². The summed E-state index contributed by atoms with van der Waals surface area (Å²) in [5, 5.41) is 8.40. The summed E-state index contributed by atoms with van der Waals surface area (Å²) < 4.78 is 13.2. The van der Waals surface area contributed by atoms with E-state index in [0.29, 0.717) is 58.2 Å². The van der Waals surface area contributed by atoms with Crippen LogP contribution in [0.2, 0.25) is 0 Å². The Bertz CT molecular complexity index is 2230. The quantitative estimate of drug-likeness (QED) is 0.198. The molecule has 0 unspecified atom stereocenters. The molecule has 14 nitrogen and oxygen atoms in total. The Morgan fingerprint density at radius 1 is 0.855 bits per heavy atom. The number of carbonyl (C=O) groups excluding carboxylic acids is 5. The Kier molecular flexibility index (Phi) is 13.5. The number of aryl methyl sites for hydroxylation is 2. The van der Waals surface area contributed by atoms with Gasteiger partial charge in [-0.15, -0.1) is 0 Å². The molecule has 3 aliphatic rings. The highest BCUT2D eigenvalue weighted by atomic mass is 16.6. The molecule has 1 N–H and O–H groups in total. The van der Waals surface area contributed by atoms with Crippen molar-refractivity contribution in [2.24, 2.45) is 18.9 Å². The first kappa shape index (κ1) is 44.1. The van der Waals surface area contributed by atoms with Crippen molar-refractivity contribution < 1.29 is 33.4 Å². The van der Waals surface area contributed by atoms with Crippen LogP contribution in [0.1, 0.15) is 75.1 Å². The van der Waals surface area contributed by atoms with Gasteiger partial charge in [-0.2, -0.15) is 5.10 Å². The second kappa shape index (κ2) is 19.0. The molecule has 330 valence electrons. The standard InChI is InChI=1S/C48H61N7O7/c1-32-14-16-33(17-15-32)25-36-27-41(43(56)49-28-35-18-19-40-37(26-35)29-50-52(40)6)55(30-36)45(58)42-39(13-10-22-54(42)47(60)62-48(2,3)4)44(57)51(5)38-20-23-53(24-21-38)46(59)61-31-34-11-8-7-9-12-34/h7-9,11-12,14-19,26,29,36,38-39,41-42H,10,13,20-25,27-28,30-31H2,1-6H3,(H,49,56)/t36-,39+,41+,42-/m1/s1. The molecule has 4 heterocycles. The average molecular weight is 848 g/mol. The molecule has 62 heavy (non-hydrogen) atoms. The third-order valence-electron chi connectivity index (χ3n) is 12.5. The fraction of sp³-hybridized carbons (Fsp3) is 0.500. The van der Waals surface area contributed by atoms with Crippen LogP contribution in [-0.4, -0.2) is 116 Å². The molecule has 3 aromatic carbocycles. The van der Waals surface area contributed by atoms with Gasteiger partial charge >= 0.3 is 12.2 Å². The Labute approximate surface area is 364 Å². The van der Waals surface area contributed by atoms with E-state index in [4.69, 9.17) is 9.47 Å². The first-order valence-corrected chi connectivity index (χ1v) is 21.9. The fourth-order valence-electron chi connectivity index (χ4n) is 9.19. The average Bonchev–Trinajstić information content (AvgIpc) is 3.87. The van der Waals surface area contributed by atoms with Crippen molar-refractivity contribution in [2.45, 2.75) is 103 Å². The van der Waals surface area contributed by atoms with Crippen molar-refractivity contribution >= 4 is 40.8 Å². The lowest BCUT2D eigenvalue weighted by Gasteiger charge is -2.44. The van der Waals surface area contributed by atoms with E-state index in [2.05, 4.69) is 34.7 Å². The van der Waals surface area contributed by atoms with E-state index in [1.165, 1.54) is 4.90 Å². The summed E-state index contributed by atoms with van der Waals surface area (Å²) >= 11 is 0. The van der Waals surface area contributed by atoms with Gasteiger partial charge in [-0.1, -0.05) is 66.2 Å². The number of hydrogen-bond acceptors (Lipinski definition) is 8. The lowest BCUT2D eigenvalue weighted by atomic mass is 9.86. The number of carbonyl (C=O) groups is 5. The summed E-state index contributed by atoms with van der Waals surface area (Å²) in [6.07, 6.45) is 3.77. The molecule has 1 aromatic heterocycles. The normalized spacial score (nSPS) is 20.8. The predicted octanol–water partition coefficient (Wildman–Crippen LogP) is 6.23. The smallest absolute Gasteiger partial charge is 0.410 e. The van der Waals surface area contributed by atoms with Crippen LogP contribution in [0.3, 0.4) is 0 Å². The SMILES string of the molecule is Cc1ccc(C[C@@H]2C[C@@H](C(=O)NCc3ccc4c(cnn4C)c3)N(C(=O)[C@H]3[C@@H](C(=O)N(C)C4CCN(C(=O)OCc5ccccc5)CC4)CCCN3C(=O)OC(C)(C)C)C2)cc1. The largest absolute Gasteiger partial charge is 0.445 e. The van der Waals surface area contributed by atoms with E-state index in [9.17, 15) is 19.2 Å². The van der Waals surface area contributed by atoms with E-state index in [-0.39, 0.29) is 43.5 Å². The Hall–Kier alpha value is -5.92. The summed E-state index contributed by atoms with van der Waals surface area (Å²) in [7, 11) is 3.63. The van der Waals surface area contributed by atoms with Gasteiger partial charge in [-0.3, -0.25) is 24.0 Å². The van der Waals surface area contributed by atoms with Crippen molar-refractivity contribution in [2.75, 3.05) is 33.2 Å². The van der Waals surface area contributed by atoms with Crippen molar-refractivity contribution in [3.8, 4) is 0 Å². The van der Waals surface area contributed by atoms with E-state index < -0.39 is 41.7 Å². The minimum absolute atomic E-state index is 0.0379. The van der Waals surface area contributed by atoms with Gasteiger partial charge in [0.05, 0.1) is 17.6 Å². The highest BCUT2D eigenvalue weighted by Gasteiger charge is 2.51. The first-order chi connectivity index (χ1) is 29.6. The molecule has 0 aliphatic carbocycles. The molecule has 0 saturated carbocycles. The van der Waals surface area contributed by atoms with Crippen LogP contribution in [-0.2, 0) is 50.5 Å². The number of likely N-dealkylation sites (tertiary alicyclic amines) is 3. The van der Waals surface area contributed by atoms with Gasteiger partial charge < -0.3 is 29.5 Å². The van der Waals surface area contributed by atoms with Crippen LogP contribution in [0, 0.1) is 18.8 Å². The number of fused-ring (bicyclic) bond motifs is 1. The third kappa shape index (κ3) is 10.4. The van der Waals surface area contributed by atoms with Gasteiger partial charge in [0.2, 0.25) is 17.7 Å². The molecule has 5 amide bonds. The Morgan fingerprint density at radius 3 is 2.27 bits per heavy atom. The van der Waals surface area contributed by atoms with Gasteiger partial charge in [0.1, 0.15) is 24.3 Å². The van der Waals surface area contributed by atoms with Gasteiger partial charge in [0.15, 0.2) is 0 Å². The topological polar surface area (TPSA) is 147 Å². The number of amides is 5. The highest BCUT2D eigenvalue weighted by molar-refractivity contribution is 5.96. The minimum Gasteiger partial charge on any atom is -0.445 e. The third-order valence-corrected chi connectivity index (χ3v) is 12.5. The van der Waals surface area contributed by atoms with Crippen LogP contribution in [0.5, 0.6) is 0 Å². The molecular formula is C48H61N7O7. The predicted molar refractivity (Wildman–Crippen MR) is 234 cm³/mol. The molecule has 3 fully saturated rings. The maximum atomic E-state index is 15.3. The number of rotatable bonds is 10. The maximum absolute atomic E-state index is 15.3. The van der Waals surface area contributed by atoms with Crippen LogP contribution in [0.25, 0.3) is 10.9 Å². The molecule has 14 heteroatoms. The lowest BCUT2D eigenvalue weighted by Crippen LogP contribution is -2.62. The summed E-state index contributed by atoms with van der Waals surface area (Å²) in [4.78, 5) is 77.7. The molecular weight excluding hydrogens is 787 g/mol. The Balaban J connectivity index is 1.10. The molecule has 0 radical (unpaired) electrons. The molecule has 0 bridgehead atoms. The first-order valence-electron chi connectivity index (χ1n) is 21.9. The molecule has 3 saturated heterocycles. The molecule has 0 spiro atoms. The van der Waals surface area contributed by atoms with E-state index in [0.717, 1.165) is 33.2 Å². The highest BCUT2D eigenvalue weighted by Crippen LogP contribution is 2.34. The van der Waals surface area contributed by atoms with E-state index in [1.54, 1.807) is 53.4 Å². The van der Waals surface area contributed by atoms with E-state index in [1.807, 2.05) is 62.5 Å². The summed E-state index contributed by atoms with van der Waals surface area (Å²) in [6, 6.07) is 21.5. The van der Waals surface area contributed by atoms with Crippen LogP contribution in [0.4, 0.5) is 9.59 Å². The van der Waals surface area contributed by atoms with Crippen molar-refractivity contribution in [3.63, 3.8) is 0 Å². The zero-order valence-electron chi connectivity index (χ0n) is 36.9. The summed E-state index contributed by atoms with van der Waals surface area (Å²) in [5.74, 6) is -1.87. The van der Waals surface area contributed by atoms with Crippen molar-refractivity contribution in [1.82, 2.24) is 34.7 Å². The van der Waals surface area contributed by atoms with Gasteiger partial charge in [0.25, 0.3) is 0 Å². The van der Waals surface area contributed by atoms with Gasteiger partial charge in [-0.25, -0.2) is 9.59 Å². The number of ether oxygens (including phenoxy) is 2. The second-order valence-corrected chi connectivity index (χ2v) is 18.3. The fourth-order valence-corrected chi connectivity index (χ4v) is 9.19. The van der Waals surface area contributed by atoms with Gasteiger partial charge in [0, 0.05) is 58.2 Å². The number of aromatic nitrogens is 2. The maximum Gasteiger partial charge on any atom is 0.410 e. The van der Waals surface area contributed by atoms with Crippen molar-refractivity contribution in [1.29, 1.82) is 0 Å². The van der Waals surface area contributed by atoms with Crippen LogP contribution < -0.4 is 5.32 Å². The molecule has 4 aromatic rings. The summed E-state index contributed by atoms with van der Waals surface area (Å²) in [5.41, 5.74) is 4.19. The summed E-state index contributed by atoms with van der Waals surface area (Å²) in [6.45, 7) is 9.14. The zero-order chi connectivity index (χ0) is 44.1. The molecule has 4 atom stereocenters. The lowest BCUT2D eigenvalue weighted by molar-refractivity contribution is -0.152. The van der Waals surface area contributed by atoms with Crippen LogP contribution in [0.15, 0.2) is 79.0 Å². The van der Waals surface area contributed by atoms with Gasteiger partial charge in [-0.05, 0) is 101 Å².